The highest BCUT2D eigenvalue weighted by Gasteiger charge is 2.13. The topological polar surface area (TPSA) is 50.4 Å². The van der Waals surface area contributed by atoms with Gasteiger partial charge in [0, 0.05) is 11.0 Å². The van der Waals surface area contributed by atoms with Gasteiger partial charge < -0.3 is 15.4 Å². The predicted molar refractivity (Wildman–Crippen MR) is 75.8 cm³/mol. The van der Waals surface area contributed by atoms with Crippen LogP contribution in [0.3, 0.4) is 0 Å². The third-order valence-electron chi connectivity index (χ3n) is 2.38. The lowest BCUT2D eigenvalue weighted by Gasteiger charge is -2.14. The summed E-state index contributed by atoms with van der Waals surface area (Å²) in [5.41, 5.74) is 0. The Balaban J connectivity index is 2.35. The van der Waals surface area contributed by atoms with Crippen molar-refractivity contribution in [1.29, 1.82) is 0 Å². The molecule has 1 aromatic carbocycles. The van der Waals surface area contributed by atoms with Gasteiger partial charge in [-0.15, -0.1) is 0 Å². The molecule has 0 saturated carbocycles. The number of carbonyl (C=O) groups excluding carboxylic acids is 1. The molecule has 2 N–H and O–H groups in total. The normalized spacial score (nSPS) is 11.9. The summed E-state index contributed by atoms with van der Waals surface area (Å²) in [6.07, 6.45) is 0.417. The Bertz CT molecular complexity index is 385. The molecule has 18 heavy (non-hydrogen) atoms. The Hall–Kier alpha value is -1.07. The molecule has 0 heterocycles. The summed E-state index contributed by atoms with van der Waals surface area (Å²) in [4.78, 5) is 11.7. The maximum absolute atomic E-state index is 11.7. The number of ether oxygens (including phenoxy) is 1. The number of rotatable bonds is 7. The van der Waals surface area contributed by atoms with Crippen molar-refractivity contribution in [2.75, 3.05) is 20.1 Å². The van der Waals surface area contributed by atoms with Crippen LogP contribution in [0.2, 0.25) is 0 Å². The maximum Gasteiger partial charge on any atom is 0.260 e. The van der Waals surface area contributed by atoms with Gasteiger partial charge in [0.25, 0.3) is 5.91 Å². The van der Waals surface area contributed by atoms with Crippen LogP contribution < -0.4 is 15.4 Å². The quantitative estimate of drug-likeness (QED) is 0.756. The zero-order valence-electron chi connectivity index (χ0n) is 10.7. The maximum atomic E-state index is 11.7. The number of nitrogens with one attached hydrogen (secondary N) is 2. The largest absolute Gasteiger partial charge is 0.481 e. The Morgan fingerprint density at radius 1 is 1.44 bits per heavy atom. The van der Waals surface area contributed by atoms with Gasteiger partial charge in [0.1, 0.15) is 5.75 Å². The third-order valence-corrected chi connectivity index (χ3v) is 2.87. The van der Waals surface area contributed by atoms with Crippen LogP contribution >= 0.6 is 15.9 Å². The lowest BCUT2D eigenvalue weighted by molar-refractivity contribution is -0.127. The van der Waals surface area contributed by atoms with Crippen LogP contribution in [0, 0.1) is 0 Å². The van der Waals surface area contributed by atoms with Gasteiger partial charge in [0.15, 0.2) is 6.10 Å². The summed E-state index contributed by atoms with van der Waals surface area (Å²) in [7, 11) is 1.89. The Kier molecular flexibility index (Phi) is 6.75. The monoisotopic (exact) mass is 314 g/mol. The zero-order chi connectivity index (χ0) is 13.4. The van der Waals surface area contributed by atoms with E-state index < -0.39 is 6.10 Å². The molecule has 0 aliphatic carbocycles. The van der Waals surface area contributed by atoms with Crippen LogP contribution in [0.5, 0.6) is 5.75 Å². The highest BCUT2D eigenvalue weighted by molar-refractivity contribution is 9.10. The molecule has 100 valence electrons. The summed E-state index contributed by atoms with van der Waals surface area (Å²) >= 11 is 3.36. The highest BCUT2D eigenvalue weighted by Crippen LogP contribution is 2.18. The molecule has 0 aliphatic rings. The van der Waals surface area contributed by atoms with Gasteiger partial charge in [-0.2, -0.15) is 0 Å². The van der Waals surface area contributed by atoms with E-state index >= 15 is 0 Å². The first-order chi connectivity index (χ1) is 8.63. The van der Waals surface area contributed by atoms with Gasteiger partial charge in [-0.25, -0.2) is 0 Å². The number of halogens is 1. The van der Waals surface area contributed by atoms with E-state index in [0.717, 1.165) is 17.4 Å². The van der Waals surface area contributed by atoms with Crippen LogP contribution in [0.4, 0.5) is 0 Å². The van der Waals surface area contributed by atoms with Gasteiger partial charge in [-0.1, -0.05) is 22.0 Å². The molecule has 1 rings (SSSR count). The fourth-order valence-electron chi connectivity index (χ4n) is 1.42. The average molecular weight is 315 g/mol. The van der Waals surface area contributed by atoms with Crippen molar-refractivity contribution >= 4 is 21.8 Å². The molecular formula is C13H19BrN2O2. The summed E-state index contributed by atoms with van der Waals surface area (Å²) in [6, 6.07) is 7.45. The third kappa shape index (κ3) is 5.51. The molecule has 5 heteroatoms. The average Bonchev–Trinajstić information content (AvgIpc) is 2.34. The van der Waals surface area contributed by atoms with Crippen LogP contribution in [0.1, 0.15) is 13.3 Å². The van der Waals surface area contributed by atoms with E-state index in [4.69, 9.17) is 4.74 Å². The molecule has 0 aliphatic heterocycles. The summed E-state index contributed by atoms with van der Waals surface area (Å²) < 4.78 is 6.49. The van der Waals surface area contributed by atoms with E-state index in [1.165, 1.54) is 0 Å². The Morgan fingerprint density at radius 3 is 2.89 bits per heavy atom. The van der Waals surface area contributed by atoms with Crippen molar-refractivity contribution in [2.24, 2.45) is 0 Å². The van der Waals surface area contributed by atoms with Gasteiger partial charge >= 0.3 is 0 Å². The molecule has 1 aromatic rings. The second kappa shape index (κ2) is 8.11. The Labute approximate surface area is 116 Å². The standard InChI is InChI=1S/C13H19BrN2O2/c1-10(13(17)16-8-4-7-15-2)18-12-6-3-5-11(14)9-12/h3,5-6,9-10,15H,4,7-8H2,1-2H3,(H,16,17). The fourth-order valence-corrected chi connectivity index (χ4v) is 1.80. The predicted octanol–water partition coefficient (Wildman–Crippen LogP) is 1.94. The van der Waals surface area contributed by atoms with Crippen LogP contribution in [-0.2, 0) is 4.79 Å². The summed E-state index contributed by atoms with van der Waals surface area (Å²) in [6.45, 7) is 3.29. The lowest BCUT2D eigenvalue weighted by Crippen LogP contribution is -2.37. The highest BCUT2D eigenvalue weighted by atomic mass is 79.9. The Morgan fingerprint density at radius 2 is 2.22 bits per heavy atom. The van der Waals surface area contributed by atoms with Gasteiger partial charge in [-0.05, 0) is 45.1 Å². The van der Waals surface area contributed by atoms with Crippen LogP contribution in [0.15, 0.2) is 28.7 Å². The van der Waals surface area contributed by atoms with Crippen molar-refractivity contribution in [3.8, 4) is 5.75 Å². The molecule has 0 spiro atoms. The molecule has 0 aromatic heterocycles. The van der Waals surface area contributed by atoms with Gasteiger partial charge in [0.05, 0.1) is 0 Å². The van der Waals surface area contributed by atoms with Crippen molar-refractivity contribution in [3.63, 3.8) is 0 Å². The fraction of sp³-hybridized carbons (Fsp3) is 0.462. The number of benzene rings is 1. The molecule has 4 nitrogen and oxygen atoms in total. The first-order valence-corrected chi connectivity index (χ1v) is 6.77. The smallest absolute Gasteiger partial charge is 0.260 e. The van der Waals surface area contributed by atoms with E-state index in [2.05, 4.69) is 26.6 Å². The molecule has 0 bridgehead atoms. The summed E-state index contributed by atoms with van der Waals surface area (Å²) in [5.74, 6) is 0.591. The first kappa shape index (κ1) is 15.0. The van der Waals surface area contributed by atoms with Crippen LogP contribution in [-0.4, -0.2) is 32.1 Å². The molecule has 1 amide bonds. The van der Waals surface area contributed by atoms with Crippen molar-refractivity contribution in [1.82, 2.24) is 10.6 Å². The van der Waals surface area contributed by atoms with Crippen molar-refractivity contribution < 1.29 is 9.53 Å². The van der Waals surface area contributed by atoms with Crippen LogP contribution in [0.25, 0.3) is 0 Å². The summed E-state index contributed by atoms with van der Waals surface area (Å²) in [5, 5.41) is 5.87. The number of hydrogen-bond acceptors (Lipinski definition) is 3. The first-order valence-electron chi connectivity index (χ1n) is 5.98. The molecule has 1 atom stereocenters. The van der Waals surface area contributed by atoms with E-state index in [1.54, 1.807) is 6.92 Å². The van der Waals surface area contributed by atoms with Crippen molar-refractivity contribution in [2.45, 2.75) is 19.4 Å². The van der Waals surface area contributed by atoms with Crippen molar-refractivity contribution in [3.05, 3.63) is 28.7 Å². The number of amides is 1. The SMILES string of the molecule is CNCCCNC(=O)C(C)Oc1cccc(Br)c1. The van der Waals surface area contributed by atoms with Gasteiger partial charge in [0.2, 0.25) is 0 Å². The van der Waals surface area contributed by atoms with E-state index in [1.807, 2.05) is 31.3 Å². The molecule has 0 radical (unpaired) electrons. The molecular weight excluding hydrogens is 296 g/mol. The minimum absolute atomic E-state index is 0.0916. The van der Waals surface area contributed by atoms with E-state index in [-0.39, 0.29) is 5.91 Å². The molecule has 1 unspecified atom stereocenters. The lowest BCUT2D eigenvalue weighted by atomic mass is 10.3. The van der Waals surface area contributed by atoms with E-state index in [0.29, 0.717) is 12.3 Å². The van der Waals surface area contributed by atoms with Gasteiger partial charge in [-0.3, -0.25) is 4.79 Å². The van der Waals surface area contributed by atoms with E-state index in [9.17, 15) is 4.79 Å². The number of carbonyl (C=O) groups is 1. The minimum Gasteiger partial charge on any atom is -0.481 e. The molecule has 0 saturated heterocycles. The molecule has 0 fully saturated rings. The zero-order valence-corrected chi connectivity index (χ0v) is 12.3. The number of hydrogen-bond donors (Lipinski definition) is 2. The second-order valence-electron chi connectivity index (χ2n) is 3.97. The second-order valence-corrected chi connectivity index (χ2v) is 4.88. The minimum atomic E-state index is -0.492.